The van der Waals surface area contributed by atoms with Crippen molar-refractivity contribution >= 4 is 122 Å². The maximum absolute atomic E-state index is 12.5. The van der Waals surface area contributed by atoms with Crippen LogP contribution in [0.1, 0.15) is 350 Å². The standard InChI is InChI=1S/3C22H24O2.C21H22O2.C15H22O3.C14H20O3.12CH4/c1-5-22(3,4)21(23)24-15(2)20-18-12-8-6-10-16(18)14-17-11-7-9-13-19(17)20;1-5-22(3,4)21(23)24-15(2)19-12-8-11-18-13-16-9-6-7-10-17(16)14-20(18)19;1-5-22(3,4)21(23)24-15(2)16-10-11-19-13-17-8-6-7-9-18(17)14-20(19)12-16;1-4-14(2)21(22)23-15(3)19-11-7-10-18-12-16-8-5-6-9-17(16)13-20(18)19;1-6-15(3,4)14(16)18-11(2)12-7-9-13(17-5)10-8-12;1-5-10(2)14(15)17-11(3)12-6-8-13(16-4)9-7-12;;;;;;;;;;;;/h3*6-15H,5H2,1-4H3;5-15H,4H2,1-3H3;7-11H,6H2,1-5H3;6-11H,5H2,1-4H3;12*1H4. The highest BCUT2D eigenvalue weighted by Gasteiger charge is 2.34. The summed E-state index contributed by atoms with van der Waals surface area (Å²) in [6, 6.07) is 90.7. The Bertz CT molecular complexity index is 6080. The molecule has 14 heteroatoms. The van der Waals surface area contributed by atoms with Gasteiger partial charge in [-0.25, -0.2) is 0 Å². The van der Waals surface area contributed by atoms with Crippen molar-refractivity contribution in [1.29, 1.82) is 0 Å². The van der Waals surface area contributed by atoms with Crippen LogP contribution in [-0.2, 0) is 57.2 Å². The van der Waals surface area contributed by atoms with E-state index in [0.29, 0.717) is 0 Å². The molecule has 780 valence electrons. The number of hydrogen-bond acceptors (Lipinski definition) is 14. The number of hydrogen-bond donors (Lipinski definition) is 0. The van der Waals surface area contributed by atoms with E-state index in [1.807, 2.05) is 268 Å². The number of ether oxygens (including phenoxy) is 8. The molecule has 0 heterocycles. The molecule has 0 aliphatic carbocycles. The van der Waals surface area contributed by atoms with Crippen molar-refractivity contribution in [2.24, 2.45) is 33.5 Å². The molecule has 0 saturated heterocycles. The summed E-state index contributed by atoms with van der Waals surface area (Å²) in [7, 11) is 3.25. The average molecular weight is 1950 g/mol. The van der Waals surface area contributed by atoms with Crippen LogP contribution in [0.2, 0.25) is 0 Å². The molecule has 0 saturated carbocycles. The van der Waals surface area contributed by atoms with Gasteiger partial charge in [0.2, 0.25) is 0 Å². The Labute approximate surface area is 859 Å². The van der Waals surface area contributed by atoms with Gasteiger partial charge in [-0.15, -0.1) is 0 Å². The van der Waals surface area contributed by atoms with E-state index in [9.17, 15) is 28.8 Å². The van der Waals surface area contributed by atoms with Crippen molar-refractivity contribution in [3.63, 3.8) is 0 Å². The Balaban J connectivity index is -0.000000795. The summed E-state index contributed by atoms with van der Waals surface area (Å²) in [5.41, 5.74) is 4.38. The van der Waals surface area contributed by atoms with Gasteiger partial charge in [0, 0.05) is 11.1 Å². The fourth-order valence-electron chi connectivity index (χ4n) is 14.3. The molecule has 8 atom stereocenters. The van der Waals surface area contributed by atoms with E-state index in [4.69, 9.17) is 37.9 Å². The number of benzene rings is 14. The summed E-state index contributed by atoms with van der Waals surface area (Å²) in [5, 5.41) is 18.9. The van der Waals surface area contributed by atoms with Crippen LogP contribution >= 0.6 is 0 Å². The normalized spacial score (nSPS) is 12.2. The lowest BCUT2D eigenvalue weighted by atomic mass is 9.90. The Kier molecular flexibility index (Phi) is 59.4. The highest BCUT2D eigenvalue weighted by molar-refractivity contribution is 6.04. The average Bonchev–Trinajstić information content (AvgIpc) is 0.761. The number of methoxy groups -OCH3 is 2. The monoisotopic (exact) mass is 1950 g/mol. The van der Waals surface area contributed by atoms with Crippen LogP contribution in [0.5, 0.6) is 11.5 Å². The van der Waals surface area contributed by atoms with E-state index in [2.05, 4.69) is 152 Å². The van der Waals surface area contributed by atoms with Crippen molar-refractivity contribution in [2.75, 3.05) is 14.2 Å². The second-order valence-corrected chi connectivity index (χ2v) is 36.5. The summed E-state index contributed by atoms with van der Waals surface area (Å²) in [5.74, 6) is 0.632. The van der Waals surface area contributed by atoms with E-state index < -0.39 is 21.7 Å². The lowest BCUT2D eigenvalue weighted by Crippen LogP contribution is -2.26. The second kappa shape index (κ2) is 62.1. The summed E-state index contributed by atoms with van der Waals surface area (Å²) in [6.45, 7) is 42.7. The molecule has 8 unspecified atom stereocenters. The maximum Gasteiger partial charge on any atom is 0.312 e. The molecule has 0 amide bonds. The van der Waals surface area contributed by atoms with Gasteiger partial charge in [-0.05, 0) is 317 Å². The van der Waals surface area contributed by atoms with Crippen LogP contribution in [0.25, 0.3) is 86.2 Å². The first-order valence-corrected chi connectivity index (χ1v) is 46.0. The van der Waals surface area contributed by atoms with Crippen LogP contribution < -0.4 is 9.47 Å². The smallest absolute Gasteiger partial charge is 0.312 e. The van der Waals surface area contributed by atoms with Crippen molar-refractivity contribution in [3.05, 3.63) is 300 Å². The molecule has 0 N–H and O–H groups in total. The zero-order chi connectivity index (χ0) is 95.0. The third-order valence-corrected chi connectivity index (χ3v) is 25.5. The van der Waals surface area contributed by atoms with Crippen LogP contribution in [0.4, 0.5) is 0 Å². The first kappa shape index (κ1) is 136. The van der Waals surface area contributed by atoms with Crippen LogP contribution in [0, 0.1) is 33.5 Å². The maximum atomic E-state index is 12.5. The number of carbonyl (C=O) groups excluding carboxylic acids is 6. The Morgan fingerprint density at radius 2 is 0.465 bits per heavy atom. The second-order valence-electron chi connectivity index (χ2n) is 36.5. The fraction of sp³-hybridized carbons (Fsp3) is 0.422. The zero-order valence-corrected chi connectivity index (χ0v) is 81.0. The summed E-state index contributed by atoms with van der Waals surface area (Å²) in [4.78, 5) is 72.9. The third-order valence-electron chi connectivity index (χ3n) is 25.5. The van der Waals surface area contributed by atoms with Crippen molar-refractivity contribution < 1.29 is 66.7 Å². The van der Waals surface area contributed by atoms with Gasteiger partial charge in [-0.1, -0.05) is 339 Å². The van der Waals surface area contributed by atoms with Gasteiger partial charge in [0.15, 0.2) is 0 Å². The van der Waals surface area contributed by atoms with Crippen molar-refractivity contribution in [3.8, 4) is 11.5 Å². The minimum absolute atomic E-state index is 0. The van der Waals surface area contributed by atoms with Crippen molar-refractivity contribution in [1.82, 2.24) is 0 Å². The highest BCUT2D eigenvalue weighted by atomic mass is 16.6. The molecule has 0 bridgehead atoms. The Morgan fingerprint density at radius 3 is 0.789 bits per heavy atom. The lowest BCUT2D eigenvalue weighted by Gasteiger charge is -2.25. The molecular weight excluding hydrogens is 1760 g/mol. The highest BCUT2D eigenvalue weighted by Crippen LogP contribution is 2.40. The molecular formula is C128H184O14. The third kappa shape index (κ3) is 35.6. The van der Waals surface area contributed by atoms with Gasteiger partial charge >= 0.3 is 35.8 Å². The van der Waals surface area contributed by atoms with Gasteiger partial charge in [0.05, 0.1) is 47.7 Å². The predicted octanol–water partition coefficient (Wildman–Crippen LogP) is 38.5. The lowest BCUT2D eigenvalue weighted by molar-refractivity contribution is -0.160. The van der Waals surface area contributed by atoms with Crippen molar-refractivity contribution in [2.45, 2.75) is 317 Å². The molecule has 14 rings (SSSR count). The molecule has 142 heavy (non-hydrogen) atoms. The Morgan fingerprint density at radius 1 is 0.232 bits per heavy atom. The quantitative estimate of drug-likeness (QED) is 0.0284. The minimum Gasteiger partial charge on any atom is -0.497 e. The predicted molar refractivity (Wildman–Crippen MR) is 615 cm³/mol. The van der Waals surface area contributed by atoms with Gasteiger partial charge < -0.3 is 37.9 Å². The number of fused-ring (bicyclic) bond motifs is 8. The molecule has 0 radical (unpaired) electrons. The molecule has 14 aromatic carbocycles. The SMILES string of the molecule is C.C.C.C.C.C.C.C.C.C.C.C.CCC(C)(C)C(=O)OC(C)c1c2ccccc2cc2ccccc12.CCC(C)(C)C(=O)OC(C)c1ccc(OC)cc1.CCC(C)(C)C(=O)OC(C)c1ccc2cc3ccccc3cc2c1.CCC(C)(C)C(=O)OC(C)c1cccc2cc3ccccc3cc12.CCC(C)C(=O)OC(C)c1ccc(OC)cc1.CCC(C)C(=O)OC(C)c1cccc2cc3ccccc3cc12. The van der Waals surface area contributed by atoms with E-state index in [-0.39, 0.29) is 173 Å². The topological polar surface area (TPSA) is 176 Å². The van der Waals surface area contributed by atoms with Gasteiger partial charge in [0.25, 0.3) is 0 Å². The van der Waals surface area contributed by atoms with Crippen LogP contribution in [-0.4, -0.2) is 50.0 Å². The van der Waals surface area contributed by atoms with Gasteiger partial charge in [-0.3, -0.25) is 28.8 Å². The van der Waals surface area contributed by atoms with Gasteiger partial charge in [-0.2, -0.15) is 0 Å². The summed E-state index contributed by atoms with van der Waals surface area (Å²) >= 11 is 0. The molecule has 0 aliphatic heterocycles. The molecule has 14 aromatic rings. The first-order chi connectivity index (χ1) is 61.8. The summed E-state index contributed by atoms with van der Waals surface area (Å²) in [6.07, 6.45) is 3.13. The number of esters is 6. The van der Waals surface area contributed by atoms with Crippen LogP contribution in [0.15, 0.2) is 267 Å². The van der Waals surface area contributed by atoms with E-state index in [1.165, 1.54) is 64.6 Å². The van der Waals surface area contributed by atoms with Crippen LogP contribution in [0.3, 0.4) is 0 Å². The van der Waals surface area contributed by atoms with E-state index in [0.717, 1.165) is 105 Å². The fourth-order valence-corrected chi connectivity index (χ4v) is 14.3. The van der Waals surface area contributed by atoms with E-state index >= 15 is 0 Å². The molecule has 0 spiro atoms. The molecule has 0 fully saturated rings. The largest absolute Gasteiger partial charge is 0.497 e. The minimum atomic E-state index is -0.464. The number of carbonyl (C=O) groups is 6. The molecule has 0 aliphatic rings. The molecule has 0 aromatic heterocycles. The summed E-state index contributed by atoms with van der Waals surface area (Å²) < 4.78 is 44.0. The molecule has 14 nitrogen and oxygen atoms in total. The van der Waals surface area contributed by atoms with Gasteiger partial charge in [0.1, 0.15) is 48.1 Å². The first-order valence-electron chi connectivity index (χ1n) is 46.0. The number of rotatable bonds is 26. The van der Waals surface area contributed by atoms with E-state index in [1.54, 1.807) is 14.2 Å². The Hall–Kier alpha value is -12.4. The zero-order valence-electron chi connectivity index (χ0n) is 81.0.